The van der Waals surface area contributed by atoms with Crippen LogP contribution in [0.15, 0.2) is 8.68 Å². The van der Waals surface area contributed by atoms with Crippen molar-refractivity contribution in [2.24, 2.45) is 0 Å². The van der Waals surface area contributed by atoms with E-state index < -0.39 is 0 Å². The van der Waals surface area contributed by atoms with Gasteiger partial charge in [0.25, 0.3) is 0 Å². The van der Waals surface area contributed by atoms with Gasteiger partial charge in [-0.25, -0.2) is 0 Å². The highest BCUT2D eigenvalue weighted by Crippen LogP contribution is 2.29. The number of aliphatic hydroxyl groups is 2. The summed E-state index contributed by atoms with van der Waals surface area (Å²) in [6.07, 6.45) is -0.653. The van der Waals surface area contributed by atoms with Crippen LogP contribution in [0.1, 0.15) is 13.8 Å². The molecule has 0 saturated heterocycles. The first-order valence-electron chi connectivity index (χ1n) is 4.53. The first kappa shape index (κ1) is 13.2. The van der Waals surface area contributed by atoms with Crippen LogP contribution in [-0.4, -0.2) is 44.1 Å². The first-order valence-corrected chi connectivity index (χ1v) is 7.32. The number of aliphatic hydroxyl groups excluding tert-OH is 2. The van der Waals surface area contributed by atoms with E-state index in [1.54, 1.807) is 13.8 Å². The Morgan fingerprint density at radius 3 is 1.80 bits per heavy atom. The van der Waals surface area contributed by atoms with Crippen molar-refractivity contribution in [3.8, 4) is 0 Å². The van der Waals surface area contributed by atoms with Crippen LogP contribution in [-0.2, 0) is 0 Å². The lowest BCUT2D eigenvalue weighted by Crippen LogP contribution is -2.01. The third-order valence-electron chi connectivity index (χ3n) is 1.28. The quantitative estimate of drug-likeness (QED) is 0.760. The van der Waals surface area contributed by atoms with Gasteiger partial charge in [-0.3, -0.25) is 0 Å². The summed E-state index contributed by atoms with van der Waals surface area (Å²) in [5.41, 5.74) is 0. The molecule has 0 aromatic carbocycles. The Balaban J connectivity index is 2.35. The minimum Gasteiger partial charge on any atom is -0.393 e. The molecule has 0 amide bonds. The zero-order chi connectivity index (χ0) is 11.3. The summed E-state index contributed by atoms with van der Waals surface area (Å²) in [5, 5.41) is 26.2. The van der Waals surface area contributed by atoms with Crippen molar-refractivity contribution >= 4 is 34.9 Å². The van der Waals surface area contributed by atoms with Crippen molar-refractivity contribution in [1.82, 2.24) is 10.2 Å². The standard InChI is InChI=1S/C8H14N2O2S3/c1-5(11)3-13-7-9-10-8(15-7)14-4-6(2)12/h5-6,11-12H,3-4H2,1-2H3. The average molecular weight is 266 g/mol. The smallest absolute Gasteiger partial charge is 0.175 e. The number of hydrogen-bond acceptors (Lipinski definition) is 7. The molecule has 1 aromatic rings. The van der Waals surface area contributed by atoms with Crippen LogP contribution in [0.5, 0.6) is 0 Å². The van der Waals surface area contributed by atoms with E-state index in [1.165, 1.54) is 34.9 Å². The fraction of sp³-hybridized carbons (Fsp3) is 0.750. The lowest BCUT2D eigenvalue weighted by atomic mass is 10.5. The minimum atomic E-state index is -0.326. The lowest BCUT2D eigenvalue weighted by Gasteiger charge is -1.99. The molecule has 0 aliphatic heterocycles. The number of hydrogen-bond donors (Lipinski definition) is 2. The van der Waals surface area contributed by atoms with Crippen LogP contribution in [0.3, 0.4) is 0 Å². The number of rotatable bonds is 6. The van der Waals surface area contributed by atoms with Crippen LogP contribution in [0.4, 0.5) is 0 Å². The molecule has 1 aromatic heterocycles. The van der Waals surface area contributed by atoms with Gasteiger partial charge < -0.3 is 10.2 Å². The zero-order valence-corrected chi connectivity index (χ0v) is 11.0. The Morgan fingerprint density at radius 2 is 1.47 bits per heavy atom. The highest BCUT2D eigenvalue weighted by atomic mass is 32.2. The third-order valence-corrected chi connectivity index (χ3v) is 4.96. The van der Waals surface area contributed by atoms with Crippen molar-refractivity contribution < 1.29 is 10.2 Å². The van der Waals surface area contributed by atoms with E-state index in [0.29, 0.717) is 11.5 Å². The molecule has 1 heterocycles. The van der Waals surface area contributed by atoms with Crippen LogP contribution in [0.25, 0.3) is 0 Å². The summed E-state index contributed by atoms with van der Waals surface area (Å²) in [6.45, 7) is 3.49. The van der Waals surface area contributed by atoms with E-state index in [2.05, 4.69) is 10.2 Å². The third kappa shape index (κ3) is 5.72. The van der Waals surface area contributed by atoms with Crippen molar-refractivity contribution in [2.75, 3.05) is 11.5 Å². The molecule has 15 heavy (non-hydrogen) atoms. The molecule has 0 bridgehead atoms. The second-order valence-corrected chi connectivity index (χ2v) is 6.67. The van der Waals surface area contributed by atoms with Crippen LogP contribution < -0.4 is 0 Å². The van der Waals surface area contributed by atoms with E-state index in [1.807, 2.05) is 0 Å². The molecular formula is C8H14N2O2S3. The van der Waals surface area contributed by atoms with Gasteiger partial charge in [-0.05, 0) is 13.8 Å². The molecule has 7 heteroatoms. The number of aromatic nitrogens is 2. The lowest BCUT2D eigenvalue weighted by molar-refractivity contribution is 0.220. The van der Waals surface area contributed by atoms with Crippen LogP contribution >= 0.6 is 34.9 Å². The van der Waals surface area contributed by atoms with E-state index in [-0.39, 0.29) is 12.2 Å². The van der Waals surface area contributed by atoms with Gasteiger partial charge in [-0.1, -0.05) is 34.9 Å². The summed E-state index contributed by atoms with van der Waals surface area (Å²) in [7, 11) is 0. The Labute approximate surface area is 102 Å². The van der Waals surface area contributed by atoms with Crippen molar-refractivity contribution in [2.45, 2.75) is 34.7 Å². The molecule has 0 fully saturated rings. The second-order valence-electron chi connectivity index (χ2n) is 3.15. The molecular weight excluding hydrogens is 252 g/mol. The van der Waals surface area contributed by atoms with Crippen LogP contribution in [0.2, 0.25) is 0 Å². The first-order chi connectivity index (χ1) is 7.08. The van der Waals surface area contributed by atoms with E-state index >= 15 is 0 Å². The summed E-state index contributed by atoms with van der Waals surface area (Å²) < 4.78 is 1.73. The average Bonchev–Trinajstić information content (AvgIpc) is 2.59. The van der Waals surface area contributed by atoms with Gasteiger partial charge in [-0.2, -0.15) is 0 Å². The summed E-state index contributed by atoms with van der Waals surface area (Å²) in [4.78, 5) is 0. The summed E-state index contributed by atoms with van der Waals surface area (Å²) >= 11 is 4.50. The molecule has 0 aliphatic carbocycles. The second kappa shape index (κ2) is 6.70. The highest BCUT2D eigenvalue weighted by molar-refractivity contribution is 8.03. The van der Waals surface area contributed by atoms with Crippen molar-refractivity contribution in [3.63, 3.8) is 0 Å². The molecule has 0 radical (unpaired) electrons. The largest absolute Gasteiger partial charge is 0.393 e. The molecule has 2 unspecified atom stereocenters. The van der Waals surface area contributed by atoms with Crippen molar-refractivity contribution in [1.29, 1.82) is 0 Å². The normalized spacial score (nSPS) is 15.2. The zero-order valence-electron chi connectivity index (χ0n) is 8.58. The maximum atomic E-state index is 9.09. The molecule has 0 saturated carbocycles. The molecule has 0 spiro atoms. The monoisotopic (exact) mass is 266 g/mol. The Kier molecular flexibility index (Phi) is 5.91. The Hall–Kier alpha value is 0.180. The van der Waals surface area contributed by atoms with Gasteiger partial charge >= 0.3 is 0 Å². The van der Waals surface area contributed by atoms with Crippen LogP contribution in [0, 0.1) is 0 Å². The van der Waals surface area contributed by atoms with Gasteiger partial charge in [0.15, 0.2) is 8.68 Å². The maximum Gasteiger partial charge on any atom is 0.175 e. The van der Waals surface area contributed by atoms with Gasteiger partial charge in [-0.15, -0.1) is 10.2 Å². The summed E-state index contributed by atoms with van der Waals surface area (Å²) in [5.74, 6) is 1.27. The van der Waals surface area contributed by atoms with Gasteiger partial charge in [0.1, 0.15) is 0 Å². The van der Waals surface area contributed by atoms with E-state index in [9.17, 15) is 0 Å². The molecule has 86 valence electrons. The SMILES string of the molecule is CC(O)CSc1nnc(SCC(C)O)s1. The van der Waals surface area contributed by atoms with Gasteiger partial charge in [0.2, 0.25) is 0 Å². The number of nitrogens with zero attached hydrogens (tertiary/aromatic N) is 2. The fourth-order valence-electron chi connectivity index (χ4n) is 0.698. The predicted molar refractivity (Wildman–Crippen MR) is 64.7 cm³/mol. The number of thioether (sulfide) groups is 2. The Bertz CT molecular complexity index is 265. The highest BCUT2D eigenvalue weighted by Gasteiger charge is 2.07. The molecule has 1 rings (SSSR count). The molecule has 2 N–H and O–H groups in total. The fourth-order valence-corrected chi connectivity index (χ4v) is 3.49. The molecule has 4 nitrogen and oxygen atoms in total. The minimum absolute atomic E-state index is 0.326. The topological polar surface area (TPSA) is 66.2 Å². The van der Waals surface area contributed by atoms with E-state index in [0.717, 1.165) is 8.68 Å². The maximum absolute atomic E-state index is 9.09. The van der Waals surface area contributed by atoms with Crippen molar-refractivity contribution in [3.05, 3.63) is 0 Å². The summed E-state index contributed by atoms with van der Waals surface area (Å²) in [6, 6.07) is 0. The van der Waals surface area contributed by atoms with Gasteiger partial charge in [0, 0.05) is 11.5 Å². The Morgan fingerprint density at radius 1 is 1.07 bits per heavy atom. The molecule has 2 atom stereocenters. The van der Waals surface area contributed by atoms with Gasteiger partial charge in [0.05, 0.1) is 12.2 Å². The van der Waals surface area contributed by atoms with E-state index in [4.69, 9.17) is 10.2 Å². The predicted octanol–water partition coefficient (Wildman–Crippen LogP) is 1.48. The molecule has 0 aliphatic rings.